The predicted molar refractivity (Wildman–Crippen MR) is 70.5 cm³/mol. The smallest absolute Gasteiger partial charge is 0.247 e. The molecule has 0 saturated carbocycles. The zero-order chi connectivity index (χ0) is 12.9. The maximum absolute atomic E-state index is 5.70. The maximum atomic E-state index is 5.70. The third kappa shape index (κ3) is 2.80. The van der Waals surface area contributed by atoms with Gasteiger partial charge in [-0.25, -0.2) is 0 Å². The Bertz CT molecular complexity index is 619. The summed E-state index contributed by atoms with van der Waals surface area (Å²) in [5.74, 6) is 1.32. The van der Waals surface area contributed by atoms with Crippen LogP contribution in [0.3, 0.4) is 0 Å². The topological polar surface area (TPSA) is 48.2 Å². The Morgan fingerprint density at radius 2 is 1.74 bits per heavy atom. The Morgan fingerprint density at radius 1 is 0.947 bits per heavy atom. The second-order valence-corrected chi connectivity index (χ2v) is 4.04. The second-order valence-electron chi connectivity index (χ2n) is 4.04. The van der Waals surface area contributed by atoms with E-state index in [0.717, 1.165) is 16.9 Å². The molecule has 0 unspecified atom stereocenters. The van der Waals surface area contributed by atoms with Crippen molar-refractivity contribution in [2.45, 2.75) is 6.61 Å². The molecule has 1 heterocycles. The van der Waals surface area contributed by atoms with Crippen LogP contribution in [0.4, 0.5) is 0 Å². The molecule has 4 nitrogen and oxygen atoms in total. The number of hydrogen-bond donors (Lipinski definition) is 0. The van der Waals surface area contributed by atoms with Crippen molar-refractivity contribution < 1.29 is 9.15 Å². The number of aromatic nitrogens is 2. The number of rotatable bonds is 4. The van der Waals surface area contributed by atoms with Crippen molar-refractivity contribution in [3.8, 4) is 17.2 Å². The Labute approximate surface area is 110 Å². The van der Waals surface area contributed by atoms with E-state index in [-0.39, 0.29) is 0 Å². The molecule has 19 heavy (non-hydrogen) atoms. The SMILES string of the molecule is c1ccc(COc2ccc(-c3nnco3)cc2)cc1. The largest absolute Gasteiger partial charge is 0.489 e. The molecule has 4 heteroatoms. The lowest BCUT2D eigenvalue weighted by Crippen LogP contribution is -1.94. The summed E-state index contributed by atoms with van der Waals surface area (Å²) in [6.07, 6.45) is 1.31. The molecule has 0 aliphatic carbocycles. The highest BCUT2D eigenvalue weighted by Gasteiger charge is 2.03. The Kier molecular flexibility index (Phi) is 3.23. The summed E-state index contributed by atoms with van der Waals surface area (Å²) < 4.78 is 10.8. The summed E-state index contributed by atoms with van der Waals surface area (Å²) >= 11 is 0. The lowest BCUT2D eigenvalue weighted by atomic mass is 10.2. The second kappa shape index (κ2) is 5.35. The van der Waals surface area contributed by atoms with Gasteiger partial charge >= 0.3 is 0 Å². The molecule has 0 aliphatic heterocycles. The molecule has 0 atom stereocenters. The third-order valence-electron chi connectivity index (χ3n) is 2.71. The van der Waals surface area contributed by atoms with Crippen LogP contribution < -0.4 is 4.74 Å². The van der Waals surface area contributed by atoms with Crippen molar-refractivity contribution in [1.82, 2.24) is 10.2 Å². The van der Waals surface area contributed by atoms with E-state index >= 15 is 0 Å². The third-order valence-corrected chi connectivity index (χ3v) is 2.71. The highest BCUT2D eigenvalue weighted by molar-refractivity contribution is 5.53. The van der Waals surface area contributed by atoms with Crippen LogP contribution in [0, 0.1) is 0 Å². The van der Waals surface area contributed by atoms with Crippen LogP contribution in [-0.2, 0) is 6.61 Å². The fourth-order valence-corrected chi connectivity index (χ4v) is 1.73. The van der Waals surface area contributed by atoms with Crippen molar-refractivity contribution in [2.24, 2.45) is 0 Å². The quantitative estimate of drug-likeness (QED) is 0.714. The first-order chi connectivity index (χ1) is 9.42. The van der Waals surface area contributed by atoms with Gasteiger partial charge in [-0.1, -0.05) is 30.3 Å². The van der Waals surface area contributed by atoms with E-state index in [1.54, 1.807) is 0 Å². The molecular formula is C15H12N2O2. The van der Waals surface area contributed by atoms with Gasteiger partial charge in [-0.15, -0.1) is 10.2 Å². The van der Waals surface area contributed by atoms with Crippen LogP contribution in [0.5, 0.6) is 5.75 Å². The van der Waals surface area contributed by atoms with Gasteiger partial charge in [-0.3, -0.25) is 0 Å². The lowest BCUT2D eigenvalue weighted by molar-refractivity contribution is 0.306. The van der Waals surface area contributed by atoms with E-state index in [0.29, 0.717) is 12.5 Å². The number of ether oxygens (including phenoxy) is 1. The summed E-state index contributed by atoms with van der Waals surface area (Å²) in [6.45, 7) is 0.556. The van der Waals surface area contributed by atoms with Crippen molar-refractivity contribution in [3.05, 3.63) is 66.6 Å². The van der Waals surface area contributed by atoms with Gasteiger partial charge in [0.2, 0.25) is 12.3 Å². The van der Waals surface area contributed by atoms with E-state index in [1.807, 2.05) is 54.6 Å². The van der Waals surface area contributed by atoms with E-state index in [9.17, 15) is 0 Å². The molecule has 0 spiro atoms. The van der Waals surface area contributed by atoms with Gasteiger partial charge in [0.05, 0.1) is 0 Å². The summed E-state index contributed by atoms with van der Waals surface area (Å²) in [6, 6.07) is 17.6. The van der Waals surface area contributed by atoms with Crippen molar-refractivity contribution in [3.63, 3.8) is 0 Å². The van der Waals surface area contributed by atoms with Crippen LogP contribution in [0.1, 0.15) is 5.56 Å². The van der Waals surface area contributed by atoms with E-state index in [4.69, 9.17) is 9.15 Å². The van der Waals surface area contributed by atoms with Crippen LogP contribution in [0.2, 0.25) is 0 Å². The van der Waals surface area contributed by atoms with Gasteiger partial charge < -0.3 is 9.15 Å². The Hall–Kier alpha value is -2.62. The van der Waals surface area contributed by atoms with Crippen LogP contribution >= 0.6 is 0 Å². The zero-order valence-electron chi connectivity index (χ0n) is 10.2. The summed E-state index contributed by atoms with van der Waals surface area (Å²) in [5.41, 5.74) is 2.02. The standard InChI is InChI=1S/C15H12N2O2/c1-2-4-12(5-3-1)10-18-14-8-6-13(7-9-14)15-17-16-11-19-15/h1-9,11H,10H2. The van der Waals surface area contributed by atoms with Gasteiger partial charge in [0.25, 0.3) is 0 Å². The first-order valence-corrected chi connectivity index (χ1v) is 5.95. The molecule has 0 aliphatic rings. The maximum Gasteiger partial charge on any atom is 0.247 e. The summed E-state index contributed by atoms with van der Waals surface area (Å²) in [7, 11) is 0. The molecule has 0 saturated heterocycles. The Balaban J connectivity index is 1.67. The molecule has 3 aromatic rings. The molecule has 0 radical (unpaired) electrons. The molecule has 0 amide bonds. The molecule has 0 fully saturated rings. The summed E-state index contributed by atoms with van der Waals surface area (Å²) in [5, 5.41) is 7.50. The average molecular weight is 252 g/mol. The fraction of sp³-hybridized carbons (Fsp3) is 0.0667. The Morgan fingerprint density at radius 3 is 2.42 bits per heavy atom. The minimum Gasteiger partial charge on any atom is -0.489 e. The minimum absolute atomic E-state index is 0.509. The average Bonchev–Trinajstić information content (AvgIpc) is 3.01. The zero-order valence-corrected chi connectivity index (χ0v) is 10.2. The molecule has 2 aromatic carbocycles. The van der Waals surface area contributed by atoms with Crippen molar-refractivity contribution in [2.75, 3.05) is 0 Å². The normalized spacial score (nSPS) is 10.3. The van der Waals surface area contributed by atoms with Crippen LogP contribution in [0.15, 0.2) is 65.4 Å². The first-order valence-electron chi connectivity index (χ1n) is 5.95. The molecule has 3 rings (SSSR count). The van der Waals surface area contributed by atoms with E-state index < -0.39 is 0 Å². The van der Waals surface area contributed by atoms with Crippen molar-refractivity contribution in [1.29, 1.82) is 0 Å². The van der Waals surface area contributed by atoms with Crippen molar-refractivity contribution >= 4 is 0 Å². The number of nitrogens with zero attached hydrogens (tertiary/aromatic N) is 2. The summed E-state index contributed by atoms with van der Waals surface area (Å²) in [4.78, 5) is 0. The first kappa shape index (κ1) is 11.5. The van der Waals surface area contributed by atoms with E-state index in [2.05, 4.69) is 10.2 Å². The molecule has 0 bridgehead atoms. The molecular weight excluding hydrogens is 240 g/mol. The van der Waals surface area contributed by atoms with Gasteiger partial charge in [-0.2, -0.15) is 0 Å². The van der Waals surface area contributed by atoms with Gasteiger partial charge in [0.1, 0.15) is 12.4 Å². The van der Waals surface area contributed by atoms with Gasteiger partial charge in [0.15, 0.2) is 0 Å². The molecule has 0 N–H and O–H groups in total. The van der Waals surface area contributed by atoms with Crippen LogP contribution in [-0.4, -0.2) is 10.2 Å². The molecule has 1 aromatic heterocycles. The number of hydrogen-bond acceptors (Lipinski definition) is 4. The van der Waals surface area contributed by atoms with Crippen LogP contribution in [0.25, 0.3) is 11.5 Å². The highest BCUT2D eigenvalue weighted by Crippen LogP contribution is 2.20. The minimum atomic E-state index is 0.509. The predicted octanol–water partition coefficient (Wildman–Crippen LogP) is 3.32. The molecule has 94 valence electrons. The van der Waals surface area contributed by atoms with Gasteiger partial charge in [-0.05, 0) is 29.8 Å². The monoisotopic (exact) mass is 252 g/mol. The van der Waals surface area contributed by atoms with E-state index in [1.165, 1.54) is 6.39 Å². The van der Waals surface area contributed by atoms with Gasteiger partial charge in [0, 0.05) is 5.56 Å². The lowest BCUT2D eigenvalue weighted by Gasteiger charge is -2.06. The highest BCUT2D eigenvalue weighted by atomic mass is 16.5. The fourth-order valence-electron chi connectivity index (χ4n) is 1.73. The number of benzene rings is 2.